The number of aromatic nitrogens is 3. The second kappa shape index (κ2) is 6.84. The van der Waals surface area contributed by atoms with Gasteiger partial charge in [0.05, 0.1) is 0 Å². The van der Waals surface area contributed by atoms with Gasteiger partial charge in [0.15, 0.2) is 0 Å². The van der Waals surface area contributed by atoms with Crippen molar-refractivity contribution in [3.05, 3.63) is 65.7 Å². The maximum atomic E-state index is 12.8. The zero-order valence-electron chi connectivity index (χ0n) is 13.7. The molecule has 130 valence electrons. The third-order valence-electron chi connectivity index (χ3n) is 3.52. The van der Waals surface area contributed by atoms with Crippen molar-refractivity contribution >= 4 is 11.6 Å². The van der Waals surface area contributed by atoms with E-state index in [9.17, 15) is 13.2 Å². The number of terminal acetylenes is 1. The van der Waals surface area contributed by atoms with Crippen LogP contribution in [-0.4, -0.2) is 15.0 Å². The Labute approximate surface area is 148 Å². The lowest BCUT2D eigenvalue weighted by atomic mass is 10.0. The average Bonchev–Trinajstić information content (AvgIpc) is 2.61. The first-order chi connectivity index (χ1) is 12.3. The standard InChI is InChI=1S/C19H13F3N4/c1-3-15-5-4-13(11-24-15)14-8-12(2)9-16(10-14)25-18-23-7-6-17(26-18)19(20,21)22/h1,4-11H,2H3,(H,23,25,26). The minimum Gasteiger partial charge on any atom is -0.324 e. The normalized spacial score (nSPS) is 11.0. The predicted molar refractivity (Wildman–Crippen MR) is 92.7 cm³/mol. The lowest BCUT2D eigenvalue weighted by Gasteiger charge is -2.11. The predicted octanol–water partition coefficient (Wildman–Crippen LogP) is 4.59. The van der Waals surface area contributed by atoms with E-state index >= 15 is 0 Å². The van der Waals surface area contributed by atoms with Crippen LogP contribution in [0.5, 0.6) is 0 Å². The van der Waals surface area contributed by atoms with Gasteiger partial charge in [0.2, 0.25) is 5.95 Å². The Kier molecular flexibility index (Phi) is 4.59. The molecule has 0 atom stereocenters. The molecule has 1 N–H and O–H groups in total. The molecule has 2 heterocycles. The Morgan fingerprint density at radius 1 is 1.04 bits per heavy atom. The highest BCUT2D eigenvalue weighted by Gasteiger charge is 2.32. The van der Waals surface area contributed by atoms with Crippen LogP contribution >= 0.6 is 0 Å². The van der Waals surface area contributed by atoms with Crippen LogP contribution in [0.15, 0.2) is 48.8 Å². The van der Waals surface area contributed by atoms with Gasteiger partial charge in [-0.3, -0.25) is 0 Å². The monoisotopic (exact) mass is 354 g/mol. The maximum absolute atomic E-state index is 12.8. The van der Waals surface area contributed by atoms with Crippen LogP contribution in [0.4, 0.5) is 24.8 Å². The van der Waals surface area contributed by atoms with Crippen molar-refractivity contribution in [2.24, 2.45) is 0 Å². The molecule has 4 nitrogen and oxygen atoms in total. The molecule has 26 heavy (non-hydrogen) atoms. The summed E-state index contributed by atoms with van der Waals surface area (Å²) in [7, 11) is 0. The summed E-state index contributed by atoms with van der Waals surface area (Å²) >= 11 is 0. The number of halogens is 3. The molecule has 7 heteroatoms. The summed E-state index contributed by atoms with van der Waals surface area (Å²) in [5.41, 5.74) is 2.68. The molecule has 0 aliphatic carbocycles. The smallest absolute Gasteiger partial charge is 0.324 e. The van der Waals surface area contributed by atoms with Gasteiger partial charge in [-0.1, -0.05) is 18.1 Å². The zero-order valence-corrected chi connectivity index (χ0v) is 13.7. The Morgan fingerprint density at radius 2 is 1.85 bits per heavy atom. The molecular formula is C19H13F3N4. The SMILES string of the molecule is C#Cc1ccc(-c2cc(C)cc(Nc3nccc(C(F)(F)F)n3)c2)cn1. The lowest BCUT2D eigenvalue weighted by molar-refractivity contribution is -0.141. The summed E-state index contributed by atoms with van der Waals surface area (Å²) in [5, 5.41) is 2.81. The minimum atomic E-state index is -4.53. The molecule has 0 fully saturated rings. The number of aryl methyl sites for hydroxylation is 1. The number of alkyl halides is 3. The summed E-state index contributed by atoms with van der Waals surface area (Å²) in [5.74, 6) is 2.32. The van der Waals surface area contributed by atoms with Crippen LogP contribution in [0.25, 0.3) is 11.1 Å². The van der Waals surface area contributed by atoms with Gasteiger partial charge in [-0.15, -0.1) is 6.42 Å². The van der Waals surface area contributed by atoms with Crippen LogP contribution in [0.3, 0.4) is 0 Å². The van der Waals surface area contributed by atoms with Gasteiger partial charge in [0, 0.05) is 23.6 Å². The number of nitrogens with one attached hydrogen (secondary N) is 1. The van der Waals surface area contributed by atoms with Crippen molar-refractivity contribution in [1.82, 2.24) is 15.0 Å². The van der Waals surface area contributed by atoms with Gasteiger partial charge < -0.3 is 5.32 Å². The Hall–Kier alpha value is -3.40. The summed E-state index contributed by atoms with van der Waals surface area (Å²) in [6.07, 6.45) is 3.49. The van der Waals surface area contributed by atoms with Crippen LogP contribution in [-0.2, 0) is 6.18 Å². The first-order valence-electron chi connectivity index (χ1n) is 7.57. The third kappa shape index (κ3) is 3.98. The van der Waals surface area contributed by atoms with Gasteiger partial charge in [-0.05, 0) is 42.3 Å². The Morgan fingerprint density at radius 3 is 2.50 bits per heavy atom. The largest absolute Gasteiger partial charge is 0.433 e. The fourth-order valence-corrected chi connectivity index (χ4v) is 2.38. The average molecular weight is 354 g/mol. The summed E-state index contributed by atoms with van der Waals surface area (Å²) in [6.45, 7) is 1.88. The van der Waals surface area contributed by atoms with Gasteiger partial charge >= 0.3 is 6.18 Å². The second-order valence-corrected chi connectivity index (χ2v) is 5.55. The Bertz CT molecular complexity index is 973. The topological polar surface area (TPSA) is 50.7 Å². The molecule has 0 spiro atoms. The first-order valence-corrected chi connectivity index (χ1v) is 7.57. The van der Waals surface area contributed by atoms with Crippen LogP contribution in [0.1, 0.15) is 17.0 Å². The molecule has 0 aliphatic rings. The fourth-order valence-electron chi connectivity index (χ4n) is 2.38. The van der Waals surface area contributed by atoms with E-state index in [1.54, 1.807) is 24.4 Å². The van der Waals surface area contributed by atoms with Crippen molar-refractivity contribution in [3.63, 3.8) is 0 Å². The quantitative estimate of drug-likeness (QED) is 0.699. The number of rotatable bonds is 3. The van der Waals surface area contributed by atoms with Crippen LogP contribution < -0.4 is 5.32 Å². The van der Waals surface area contributed by atoms with E-state index in [-0.39, 0.29) is 5.95 Å². The molecule has 0 saturated heterocycles. The van der Waals surface area contributed by atoms with E-state index in [1.807, 2.05) is 19.1 Å². The number of nitrogens with zero attached hydrogens (tertiary/aromatic N) is 3. The summed E-state index contributed by atoms with van der Waals surface area (Å²) < 4.78 is 38.3. The lowest BCUT2D eigenvalue weighted by Crippen LogP contribution is -2.10. The molecule has 0 aliphatic heterocycles. The third-order valence-corrected chi connectivity index (χ3v) is 3.52. The first kappa shape index (κ1) is 17.4. The molecule has 0 bridgehead atoms. The van der Waals surface area contributed by atoms with E-state index in [4.69, 9.17) is 6.42 Å². The number of hydrogen-bond acceptors (Lipinski definition) is 4. The van der Waals surface area contributed by atoms with Gasteiger partial charge in [-0.25, -0.2) is 15.0 Å². The maximum Gasteiger partial charge on any atom is 0.433 e. The highest BCUT2D eigenvalue weighted by atomic mass is 19.4. The van der Waals surface area contributed by atoms with Crippen molar-refractivity contribution in [1.29, 1.82) is 0 Å². The van der Waals surface area contributed by atoms with E-state index in [0.717, 1.165) is 29.0 Å². The number of hydrogen-bond donors (Lipinski definition) is 1. The summed E-state index contributed by atoms with van der Waals surface area (Å²) in [4.78, 5) is 11.5. The minimum absolute atomic E-state index is 0.128. The number of benzene rings is 1. The highest BCUT2D eigenvalue weighted by molar-refractivity contribution is 5.70. The zero-order chi connectivity index (χ0) is 18.7. The Balaban J connectivity index is 1.92. The van der Waals surface area contributed by atoms with Crippen molar-refractivity contribution in [3.8, 4) is 23.5 Å². The molecule has 2 aromatic heterocycles. The molecular weight excluding hydrogens is 341 g/mol. The van der Waals surface area contributed by atoms with Gasteiger partial charge in [0.1, 0.15) is 11.4 Å². The molecule has 0 amide bonds. The van der Waals surface area contributed by atoms with Crippen molar-refractivity contribution in [2.75, 3.05) is 5.32 Å². The number of anilines is 2. The molecule has 3 aromatic rings. The molecule has 0 unspecified atom stereocenters. The van der Waals surface area contributed by atoms with Crippen molar-refractivity contribution < 1.29 is 13.2 Å². The second-order valence-electron chi connectivity index (χ2n) is 5.55. The highest BCUT2D eigenvalue weighted by Crippen LogP contribution is 2.29. The molecule has 3 rings (SSSR count). The van der Waals surface area contributed by atoms with Crippen molar-refractivity contribution in [2.45, 2.75) is 13.1 Å². The molecule has 0 saturated carbocycles. The van der Waals surface area contributed by atoms with E-state index < -0.39 is 11.9 Å². The summed E-state index contributed by atoms with van der Waals surface area (Å²) in [6, 6.07) is 9.89. The fraction of sp³-hybridized carbons (Fsp3) is 0.105. The van der Waals surface area contributed by atoms with Crippen LogP contribution in [0, 0.1) is 19.3 Å². The molecule has 1 aromatic carbocycles. The van der Waals surface area contributed by atoms with Gasteiger partial charge in [-0.2, -0.15) is 13.2 Å². The van der Waals surface area contributed by atoms with E-state index in [1.165, 1.54) is 0 Å². The van der Waals surface area contributed by atoms with E-state index in [0.29, 0.717) is 11.4 Å². The van der Waals surface area contributed by atoms with Crippen LogP contribution in [0.2, 0.25) is 0 Å². The van der Waals surface area contributed by atoms with E-state index in [2.05, 4.69) is 26.2 Å². The van der Waals surface area contributed by atoms with Gasteiger partial charge in [0.25, 0.3) is 0 Å². The number of pyridine rings is 1. The molecule has 0 radical (unpaired) electrons.